The van der Waals surface area contributed by atoms with E-state index >= 15 is 0 Å². The van der Waals surface area contributed by atoms with Crippen LogP contribution in [-0.4, -0.2) is 34.8 Å². The average Bonchev–Trinajstić information content (AvgIpc) is 2.87. The zero-order valence-corrected chi connectivity index (χ0v) is 14.4. The molecule has 0 saturated heterocycles. The fraction of sp³-hybridized carbons (Fsp3) is 0.429. The predicted octanol–water partition coefficient (Wildman–Crippen LogP) is 1.69. The highest BCUT2D eigenvalue weighted by Gasteiger charge is 2.22. The molecule has 2 aromatic rings. The molecule has 0 aliphatic heterocycles. The molecule has 0 fully saturated rings. The van der Waals surface area contributed by atoms with Gasteiger partial charge in [-0.1, -0.05) is 13.8 Å². The number of aryl methyl sites for hydroxylation is 1. The third-order valence-electron chi connectivity index (χ3n) is 3.30. The maximum Gasteiger partial charge on any atom is 0.250 e. The van der Waals surface area contributed by atoms with Gasteiger partial charge < -0.3 is 4.57 Å². The second-order valence-corrected chi connectivity index (χ2v) is 7.68. The summed E-state index contributed by atoms with van der Waals surface area (Å²) in [5, 5.41) is 0. The lowest BCUT2D eigenvalue weighted by molar-refractivity contribution is 0.444. The number of pyridine rings is 1. The SMILES string of the molecule is CCN(CC)S(=O)(=O)c1ccc(=O)n(Cc2cc(C)ns2)c1. The highest BCUT2D eigenvalue weighted by Crippen LogP contribution is 2.15. The van der Waals surface area contributed by atoms with E-state index in [1.54, 1.807) is 13.8 Å². The molecule has 0 N–H and O–H groups in total. The monoisotopic (exact) mass is 341 g/mol. The Morgan fingerprint density at radius 3 is 2.50 bits per heavy atom. The first-order chi connectivity index (χ1) is 10.4. The van der Waals surface area contributed by atoms with E-state index < -0.39 is 10.0 Å². The van der Waals surface area contributed by atoms with Gasteiger partial charge in [-0.25, -0.2) is 8.42 Å². The second kappa shape index (κ2) is 6.72. The molecule has 0 saturated carbocycles. The van der Waals surface area contributed by atoms with Gasteiger partial charge in [-0.2, -0.15) is 8.68 Å². The van der Waals surface area contributed by atoms with Crippen molar-refractivity contribution in [2.75, 3.05) is 13.1 Å². The van der Waals surface area contributed by atoms with Crippen molar-refractivity contribution >= 4 is 21.6 Å². The molecule has 0 radical (unpaired) electrons. The van der Waals surface area contributed by atoms with E-state index in [9.17, 15) is 13.2 Å². The third-order valence-corrected chi connectivity index (χ3v) is 6.20. The Morgan fingerprint density at radius 1 is 1.27 bits per heavy atom. The summed E-state index contributed by atoms with van der Waals surface area (Å²) in [6.45, 7) is 6.57. The van der Waals surface area contributed by atoms with Gasteiger partial charge in [0.1, 0.15) is 0 Å². The van der Waals surface area contributed by atoms with Crippen molar-refractivity contribution in [1.82, 2.24) is 13.2 Å². The fourth-order valence-corrected chi connectivity index (χ4v) is 4.37. The lowest BCUT2D eigenvalue weighted by Crippen LogP contribution is -2.32. The van der Waals surface area contributed by atoms with Crippen molar-refractivity contribution in [3.8, 4) is 0 Å². The molecular formula is C14H19N3O3S2. The van der Waals surface area contributed by atoms with Gasteiger partial charge in [0.15, 0.2) is 0 Å². The van der Waals surface area contributed by atoms with Crippen LogP contribution in [0.3, 0.4) is 0 Å². The van der Waals surface area contributed by atoms with Gasteiger partial charge in [0.2, 0.25) is 10.0 Å². The molecule has 8 heteroatoms. The molecule has 0 aliphatic carbocycles. The van der Waals surface area contributed by atoms with Gasteiger partial charge in [0.05, 0.1) is 17.1 Å². The van der Waals surface area contributed by atoms with Gasteiger partial charge in [-0.3, -0.25) is 4.79 Å². The minimum atomic E-state index is -3.57. The molecule has 0 spiro atoms. The van der Waals surface area contributed by atoms with Crippen LogP contribution in [0.2, 0.25) is 0 Å². The van der Waals surface area contributed by atoms with Crippen molar-refractivity contribution in [3.05, 3.63) is 45.3 Å². The lowest BCUT2D eigenvalue weighted by atomic mass is 10.4. The Labute approximate surface area is 134 Å². The van der Waals surface area contributed by atoms with Crippen LogP contribution in [0.4, 0.5) is 0 Å². The Morgan fingerprint density at radius 2 is 1.95 bits per heavy atom. The second-order valence-electron chi connectivity index (χ2n) is 4.85. The van der Waals surface area contributed by atoms with E-state index in [1.165, 1.54) is 38.7 Å². The molecule has 2 heterocycles. The van der Waals surface area contributed by atoms with E-state index in [0.717, 1.165) is 10.6 Å². The number of aromatic nitrogens is 2. The summed E-state index contributed by atoms with van der Waals surface area (Å²) in [6, 6.07) is 4.55. The maximum absolute atomic E-state index is 12.5. The number of nitrogens with zero attached hydrogens (tertiary/aromatic N) is 3. The van der Waals surface area contributed by atoms with Crippen LogP contribution in [-0.2, 0) is 16.6 Å². The Kier molecular flexibility index (Phi) is 5.15. The number of sulfonamides is 1. The first kappa shape index (κ1) is 16.9. The molecule has 0 atom stereocenters. The van der Waals surface area contributed by atoms with E-state index in [-0.39, 0.29) is 10.5 Å². The van der Waals surface area contributed by atoms with Gasteiger partial charge in [0, 0.05) is 30.2 Å². The van der Waals surface area contributed by atoms with E-state index in [4.69, 9.17) is 0 Å². The largest absolute Gasteiger partial charge is 0.309 e. The zero-order valence-electron chi connectivity index (χ0n) is 12.8. The van der Waals surface area contributed by atoms with Gasteiger partial charge in [-0.05, 0) is 30.6 Å². The van der Waals surface area contributed by atoms with Crippen LogP contribution in [0, 0.1) is 6.92 Å². The van der Waals surface area contributed by atoms with Crippen molar-refractivity contribution in [2.45, 2.75) is 32.2 Å². The summed E-state index contributed by atoms with van der Waals surface area (Å²) in [6.07, 6.45) is 1.41. The highest BCUT2D eigenvalue weighted by atomic mass is 32.2. The van der Waals surface area contributed by atoms with E-state index in [1.807, 2.05) is 13.0 Å². The van der Waals surface area contributed by atoms with Crippen LogP contribution < -0.4 is 5.56 Å². The molecule has 2 aromatic heterocycles. The van der Waals surface area contributed by atoms with E-state index in [2.05, 4.69) is 4.37 Å². The molecule has 6 nitrogen and oxygen atoms in total. The minimum Gasteiger partial charge on any atom is -0.309 e. The van der Waals surface area contributed by atoms with Crippen molar-refractivity contribution < 1.29 is 8.42 Å². The van der Waals surface area contributed by atoms with Crippen LogP contribution in [0.1, 0.15) is 24.4 Å². The van der Waals surface area contributed by atoms with Crippen LogP contribution in [0.5, 0.6) is 0 Å². The topological polar surface area (TPSA) is 72.3 Å². The van der Waals surface area contributed by atoms with Crippen molar-refractivity contribution in [1.29, 1.82) is 0 Å². The van der Waals surface area contributed by atoms with Gasteiger partial charge in [0.25, 0.3) is 5.56 Å². The maximum atomic E-state index is 12.5. The van der Waals surface area contributed by atoms with Crippen LogP contribution >= 0.6 is 11.5 Å². The summed E-state index contributed by atoms with van der Waals surface area (Å²) < 4.78 is 32.0. The van der Waals surface area contributed by atoms with Crippen LogP contribution in [0.25, 0.3) is 0 Å². The normalized spacial score (nSPS) is 12.0. The van der Waals surface area contributed by atoms with Crippen LogP contribution in [0.15, 0.2) is 34.1 Å². The molecule has 0 aromatic carbocycles. The van der Waals surface area contributed by atoms with Crippen molar-refractivity contribution in [3.63, 3.8) is 0 Å². The van der Waals surface area contributed by atoms with Crippen molar-refractivity contribution in [2.24, 2.45) is 0 Å². The zero-order chi connectivity index (χ0) is 16.3. The molecule has 22 heavy (non-hydrogen) atoms. The summed E-state index contributed by atoms with van der Waals surface area (Å²) >= 11 is 1.31. The molecule has 0 unspecified atom stereocenters. The summed E-state index contributed by atoms with van der Waals surface area (Å²) in [7, 11) is -3.57. The average molecular weight is 341 g/mol. The first-order valence-corrected chi connectivity index (χ1v) is 9.22. The first-order valence-electron chi connectivity index (χ1n) is 7.01. The third kappa shape index (κ3) is 3.45. The predicted molar refractivity (Wildman–Crippen MR) is 86.8 cm³/mol. The standard InChI is InChI=1S/C14H19N3O3S2/c1-4-17(5-2)22(19,20)13-6-7-14(18)16(10-13)9-12-8-11(3)15-21-12/h6-8,10H,4-5,9H2,1-3H3. The number of hydrogen-bond donors (Lipinski definition) is 0. The fourth-order valence-electron chi connectivity index (χ4n) is 2.16. The quantitative estimate of drug-likeness (QED) is 0.801. The highest BCUT2D eigenvalue weighted by molar-refractivity contribution is 7.89. The Hall–Kier alpha value is -1.51. The molecule has 0 aliphatic rings. The summed E-state index contributed by atoms with van der Waals surface area (Å²) in [5.41, 5.74) is 0.657. The lowest BCUT2D eigenvalue weighted by Gasteiger charge is -2.18. The number of hydrogen-bond acceptors (Lipinski definition) is 5. The Balaban J connectivity index is 2.40. The molecule has 120 valence electrons. The van der Waals surface area contributed by atoms with Gasteiger partial charge in [-0.15, -0.1) is 0 Å². The molecule has 0 amide bonds. The molecule has 2 rings (SSSR count). The summed E-state index contributed by atoms with van der Waals surface area (Å²) in [5.74, 6) is 0. The van der Waals surface area contributed by atoms with E-state index in [0.29, 0.717) is 19.6 Å². The summed E-state index contributed by atoms with van der Waals surface area (Å²) in [4.78, 5) is 13.0. The number of rotatable bonds is 6. The molecular weight excluding hydrogens is 322 g/mol. The molecule has 0 bridgehead atoms. The smallest absolute Gasteiger partial charge is 0.250 e. The minimum absolute atomic E-state index is 0.136. The Bertz CT molecular complexity index is 805. The van der Waals surface area contributed by atoms with Gasteiger partial charge >= 0.3 is 0 Å².